The van der Waals surface area contributed by atoms with E-state index in [0.717, 1.165) is 0 Å². The Bertz CT molecular complexity index is 258. The summed E-state index contributed by atoms with van der Waals surface area (Å²) in [5.41, 5.74) is 0. The first-order valence-corrected chi connectivity index (χ1v) is 12.1. The molecule has 17 heavy (non-hydrogen) atoms. The Morgan fingerprint density at radius 3 is 1.76 bits per heavy atom. The average molecular weight is 341 g/mol. The van der Waals surface area contributed by atoms with Crippen molar-refractivity contribution in [2.45, 2.75) is 61.1 Å². The second kappa shape index (κ2) is 10.0. The quantitative estimate of drug-likeness (QED) is 0.448. The fraction of sp³-hybridized carbons (Fsp3) is 0.625. The van der Waals surface area contributed by atoms with E-state index >= 15 is 0 Å². The molecule has 0 aliphatic rings. The molecule has 1 aromatic carbocycles. The zero-order valence-corrected chi connectivity index (χ0v) is 14.0. The monoisotopic (exact) mass is 340 g/mol. The van der Waals surface area contributed by atoms with Crippen molar-refractivity contribution in [2.75, 3.05) is 0 Å². The standard InChI is InChI=1S/C6H5.2C5H11.Sb/c1-2-4-6-5-3-1;2*1-3-5-4-2;/h1-5H;2*1,3-5H2,2H3;. The van der Waals surface area contributed by atoms with Crippen LogP contribution in [-0.4, -0.2) is 20.2 Å². The summed E-state index contributed by atoms with van der Waals surface area (Å²) >= 11 is -1.12. The predicted molar refractivity (Wildman–Crippen MR) is 80.5 cm³/mol. The first-order valence-electron chi connectivity index (χ1n) is 7.18. The molecule has 0 aliphatic heterocycles. The minimum absolute atomic E-state index is 1.12. The van der Waals surface area contributed by atoms with Crippen LogP contribution in [0.4, 0.5) is 0 Å². The van der Waals surface area contributed by atoms with E-state index in [1.54, 1.807) is 12.2 Å². The molecule has 0 spiro atoms. The van der Waals surface area contributed by atoms with Gasteiger partial charge < -0.3 is 0 Å². The van der Waals surface area contributed by atoms with Crippen molar-refractivity contribution in [3.8, 4) is 0 Å². The number of hydrogen-bond acceptors (Lipinski definition) is 0. The van der Waals surface area contributed by atoms with E-state index in [1.807, 2.05) is 0 Å². The van der Waals surface area contributed by atoms with Gasteiger partial charge in [0.25, 0.3) is 0 Å². The van der Waals surface area contributed by atoms with Gasteiger partial charge in [-0.25, -0.2) is 0 Å². The van der Waals surface area contributed by atoms with Crippen molar-refractivity contribution < 1.29 is 0 Å². The van der Waals surface area contributed by atoms with Gasteiger partial charge in [-0.05, 0) is 0 Å². The van der Waals surface area contributed by atoms with Crippen LogP contribution in [0, 0.1) is 0 Å². The first kappa shape index (κ1) is 15.1. The Morgan fingerprint density at radius 2 is 1.29 bits per heavy atom. The van der Waals surface area contributed by atoms with Crippen LogP contribution in [0.3, 0.4) is 0 Å². The Balaban J connectivity index is 2.46. The second-order valence-electron chi connectivity index (χ2n) is 4.74. The molecule has 96 valence electrons. The Kier molecular flexibility index (Phi) is 8.89. The Labute approximate surface area is 115 Å². The molecular weight excluding hydrogens is 314 g/mol. The third-order valence-corrected chi connectivity index (χ3v) is 11.0. The molecule has 0 unspecified atom stereocenters. The fourth-order valence-corrected chi connectivity index (χ4v) is 9.38. The summed E-state index contributed by atoms with van der Waals surface area (Å²) in [7, 11) is 0. The van der Waals surface area contributed by atoms with Crippen molar-refractivity contribution in [3.63, 3.8) is 0 Å². The molecule has 0 bridgehead atoms. The molecule has 0 heterocycles. The molecule has 0 radical (unpaired) electrons. The summed E-state index contributed by atoms with van der Waals surface area (Å²) < 4.78 is 4.86. The van der Waals surface area contributed by atoms with E-state index in [1.165, 1.54) is 38.5 Å². The average Bonchev–Trinajstić information content (AvgIpc) is 2.38. The Morgan fingerprint density at radius 1 is 0.765 bits per heavy atom. The number of unbranched alkanes of at least 4 members (excludes halogenated alkanes) is 4. The van der Waals surface area contributed by atoms with Gasteiger partial charge in [-0.1, -0.05) is 0 Å². The third kappa shape index (κ3) is 6.51. The van der Waals surface area contributed by atoms with Crippen LogP contribution in [0.25, 0.3) is 0 Å². The van der Waals surface area contributed by atoms with Gasteiger partial charge in [0.05, 0.1) is 0 Å². The van der Waals surface area contributed by atoms with Gasteiger partial charge in [0.1, 0.15) is 0 Å². The van der Waals surface area contributed by atoms with Gasteiger partial charge in [0.15, 0.2) is 0 Å². The summed E-state index contributed by atoms with van der Waals surface area (Å²) in [6.07, 6.45) is 8.53. The van der Waals surface area contributed by atoms with Crippen LogP contribution < -0.4 is 3.51 Å². The van der Waals surface area contributed by atoms with Crippen LogP contribution in [-0.2, 0) is 0 Å². The van der Waals surface area contributed by atoms with E-state index < -0.39 is 20.2 Å². The molecule has 0 fully saturated rings. The number of rotatable bonds is 9. The van der Waals surface area contributed by atoms with Crippen LogP contribution in [0.1, 0.15) is 52.4 Å². The minimum atomic E-state index is -1.12. The van der Waals surface area contributed by atoms with Crippen molar-refractivity contribution >= 4 is 23.7 Å². The topological polar surface area (TPSA) is 0 Å². The van der Waals surface area contributed by atoms with Crippen LogP contribution in [0.5, 0.6) is 0 Å². The zero-order chi connectivity index (χ0) is 12.3. The number of benzene rings is 1. The summed E-state index contributed by atoms with van der Waals surface area (Å²) in [6.45, 7) is 4.61. The van der Waals surface area contributed by atoms with Crippen LogP contribution >= 0.6 is 0 Å². The summed E-state index contributed by atoms with van der Waals surface area (Å²) in [6, 6.07) is 11.4. The molecular formula is C16H27Sb. The normalized spacial score (nSPS) is 11.0. The maximum atomic E-state index is 2.39. The van der Waals surface area contributed by atoms with E-state index in [2.05, 4.69) is 44.2 Å². The summed E-state index contributed by atoms with van der Waals surface area (Å²) in [5, 5.41) is 0. The molecule has 0 aromatic heterocycles. The molecule has 0 aliphatic carbocycles. The second-order valence-corrected chi connectivity index (χ2v) is 11.8. The molecule has 0 saturated carbocycles. The van der Waals surface area contributed by atoms with Crippen molar-refractivity contribution in [1.29, 1.82) is 0 Å². The summed E-state index contributed by atoms with van der Waals surface area (Å²) in [4.78, 5) is 0. The maximum absolute atomic E-state index is 2.39. The van der Waals surface area contributed by atoms with Gasteiger partial charge in [0.2, 0.25) is 0 Å². The van der Waals surface area contributed by atoms with E-state index in [9.17, 15) is 0 Å². The molecule has 1 rings (SSSR count). The molecule has 0 atom stereocenters. The van der Waals surface area contributed by atoms with Crippen molar-refractivity contribution in [1.82, 2.24) is 0 Å². The van der Waals surface area contributed by atoms with Crippen LogP contribution in [0.2, 0.25) is 8.73 Å². The summed E-state index contributed by atoms with van der Waals surface area (Å²) in [5.74, 6) is 0. The zero-order valence-electron chi connectivity index (χ0n) is 11.5. The SMILES string of the molecule is CCCC[CH2][Sb]([CH2]CCCC)[c]1ccccc1. The molecule has 0 nitrogen and oxygen atoms in total. The Hall–Kier alpha value is 0.0382. The van der Waals surface area contributed by atoms with Gasteiger partial charge >= 0.3 is 115 Å². The van der Waals surface area contributed by atoms with Gasteiger partial charge in [0, 0.05) is 0 Å². The fourth-order valence-electron chi connectivity index (χ4n) is 2.11. The molecule has 0 amide bonds. The van der Waals surface area contributed by atoms with Gasteiger partial charge in [-0.3, -0.25) is 0 Å². The first-order chi connectivity index (χ1) is 8.38. The van der Waals surface area contributed by atoms with Crippen molar-refractivity contribution in [3.05, 3.63) is 30.3 Å². The van der Waals surface area contributed by atoms with Crippen molar-refractivity contribution in [2.24, 2.45) is 0 Å². The van der Waals surface area contributed by atoms with E-state index in [4.69, 9.17) is 0 Å². The number of hydrogen-bond donors (Lipinski definition) is 0. The van der Waals surface area contributed by atoms with Crippen LogP contribution in [0.15, 0.2) is 30.3 Å². The molecule has 0 N–H and O–H groups in total. The predicted octanol–water partition coefficient (Wildman–Crippen LogP) is 4.77. The van der Waals surface area contributed by atoms with Gasteiger partial charge in [-0.2, -0.15) is 0 Å². The molecule has 1 heteroatoms. The third-order valence-electron chi connectivity index (χ3n) is 3.18. The van der Waals surface area contributed by atoms with E-state index in [0.29, 0.717) is 0 Å². The molecule has 1 aromatic rings. The molecule has 0 saturated heterocycles. The van der Waals surface area contributed by atoms with E-state index in [-0.39, 0.29) is 0 Å². The van der Waals surface area contributed by atoms with Gasteiger partial charge in [-0.15, -0.1) is 0 Å².